The number of ether oxygens (including phenoxy) is 1. The monoisotopic (exact) mass is 464 g/mol. The quantitative estimate of drug-likeness (QED) is 0.412. The van der Waals surface area contributed by atoms with E-state index in [1.165, 1.54) is 12.1 Å². The Labute approximate surface area is 195 Å². The smallest absolute Gasteiger partial charge is 0.335 e. The number of imide groups is 2. The molecule has 2 aromatic carbocycles. The molecule has 2 saturated heterocycles. The zero-order valence-corrected chi connectivity index (χ0v) is 19.0. The first-order valence-corrected chi connectivity index (χ1v) is 11.1. The van der Waals surface area contributed by atoms with Gasteiger partial charge in [-0.05, 0) is 44.5 Å². The highest BCUT2D eigenvalue weighted by Gasteiger charge is 2.65. The summed E-state index contributed by atoms with van der Waals surface area (Å²) in [5, 5.41) is 13.8. The number of fused-ring (bicyclic) bond motifs is 4. The van der Waals surface area contributed by atoms with Crippen LogP contribution < -0.4 is 15.1 Å². The highest BCUT2D eigenvalue weighted by atomic mass is 16.6. The Bertz CT molecular complexity index is 1230. The molecule has 0 radical (unpaired) electrons. The summed E-state index contributed by atoms with van der Waals surface area (Å²) in [6.45, 7) is 5.97. The Morgan fingerprint density at radius 2 is 1.82 bits per heavy atom. The highest BCUT2D eigenvalue weighted by molar-refractivity contribution is 6.30. The minimum Gasteiger partial charge on any atom is -0.372 e. The summed E-state index contributed by atoms with van der Waals surface area (Å²) < 4.78 is 6.05. The van der Waals surface area contributed by atoms with Crippen molar-refractivity contribution < 1.29 is 24.0 Å². The van der Waals surface area contributed by atoms with Crippen molar-refractivity contribution in [3.8, 4) is 0 Å². The van der Waals surface area contributed by atoms with Crippen molar-refractivity contribution >= 4 is 34.9 Å². The molecule has 4 amide bonds. The maximum absolute atomic E-state index is 14.1. The van der Waals surface area contributed by atoms with Crippen LogP contribution >= 0.6 is 0 Å². The number of nitrogens with one attached hydrogen (secondary N) is 1. The number of aryl methyl sites for hydroxylation is 1. The van der Waals surface area contributed by atoms with Crippen LogP contribution in [0.2, 0.25) is 0 Å². The molecular formula is C24H24N4O6. The fourth-order valence-corrected chi connectivity index (χ4v) is 5.55. The Morgan fingerprint density at radius 1 is 1.12 bits per heavy atom. The molecule has 1 N–H and O–H groups in total. The number of amides is 4. The van der Waals surface area contributed by atoms with E-state index in [0.717, 1.165) is 16.2 Å². The molecule has 0 aromatic heterocycles. The summed E-state index contributed by atoms with van der Waals surface area (Å²) >= 11 is 0. The van der Waals surface area contributed by atoms with Gasteiger partial charge in [-0.1, -0.05) is 17.7 Å². The molecule has 0 aliphatic carbocycles. The fourth-order valence-electron chi connectivity index (χ4n) is 5.55. The van der Waals surface area contributed by atoms with Crippen molar-refractivity contribution in [3.63, 3.8) is 0 Å². The molecule has 34 heavy (non-hydrogen) atoms. The Hall–Kier alpha value is -3.79. The summed E-state index contributed by atoms with van der Waals surface area (Å²) in [6.07, 6.45) is -0.802. The van der Waals surface area contributed by atoms with Crippen LogP contribution in [0, 0.1) is 22.5 Å². The largest absolute Gasteiger partial charge is 0.372 e. The number of rotatable bonds is 2. The molecular weight excluding hydrogens is 440 g/mol. The third-order valence-corrected chi connectivity index (χ3v) is 6.94. The van der Waals surface area contributed by atoms with Crippen LogP contribution in [-0.4, -0.2) is 47.6 Å². The van der Waals surface area contributed by atoms with Crippen molar-refractivity contribution in [2.24, 2.45) is 5.41 Å². The van der Waals surface area contributed by atoms with Crippen molar-refractivity contribution in [1.82, 2.24) is 5.32 Å². The number of hydrogen-bond donors (Lipinski definition) is 1. The summed E-state index contributed by atoms with van der Waals surface area (Å²) in [7, 11) is 0. The lowest BCUT2D eigenvalue weighted by molar-refractivity contribution is -0.384. The molecule has 5 rings (SSSR count). The normalized spacial score (nSPS) is 28.4. The summed E-state index contributed by atoms with van der Waals surface area (Å²) in [5.74, 6) is -1.38. The number of urea groups is 1. The van der Waals surface area contributed by atoms with Gasteiger partial charge in [0.2, 0.25) is 5.91 Å². The van der Waals surface area contributed by atoms with Gasteiger partial charge in [0.05, 0.1) is 28.9 Å². The number of carbonyl (C=O) groups excluding carboxylic acids is 3. The van der Waals surface area contributed by atoms with E-state index in [4.69, 9.17) is 4.74 Å². The first-order valence-electron chi connectivity index (χ1n) is 11.1. The second-order valence-corrected chi connectivity index (χ2v) is 9.20. The second kappa shape index (κ2) is 7.63. The number of benzene rings is 2. The van der Waals surface area contributed by atoms with Crippen molar-refractivity contribution in [3.05, 3.63) is 63.7 Å². The van der Waals surface area contributed by atoms with Crippen LogP contribution in [0.5, 0.6) is 0 Å². The lowest BCUT2D eigenvalue weighted by atomic mass is 9.66. The van der Waals surface area contributed by atoms with Gasteiger partial charge in [-0.3, -0.25) is 25.0 Å². The van der Waals surface area contributed by atoms with E-state index < -0.39 is 40.3 Å². The average molecular weight is 464 g/mol. The summed E-state index contributed by atoms with van der Waals surface area (Å²) in [5.41, 5.74) is 0.690. The SMILES string of the molecule is Cc1ccc(N2C(=O)NC(=O)[C@]3(Cc4cc([N+](=O)[O-])ccc4N4C[C@@H](C)O[C@@H](C)[C@H]43)C2=O)cc1. The van der Waals surface area contributed by atoms with Crippen LogP contribution in [0.3, 0.4) is 0 Å². The zero-order valence-electron chi connectivity index (χ0n) is 19.0. The molecule has 0 saturated carbocycles. The van der Waals surface area contributed by atoms with E-state index in [1.807, 2.05) is 18.7 Å². The Morgan fingerprint density at radius 3 is 2.50 bits per heavy atom. The molecule has 0 bridgehead atoms. The van der Waals surface area contributed by atoms with Crippen LogP contribution in [0.4, 0.5) is 21.9 Å². The van der Waals surface area contributed by atoms with Gasteiger partial charge >= 0.3 is 6.03 Å². The van der Waals surface area contributed by atoms with Crippen molar-refractivity contribution in [2.45, 2.75) is 45.4 Å². The number of nitro groups is 1. The number of hydrogen-bond acceptors (Lipinski definition) is 7. The fraction of sp³-hybridized carbons (Fsp3) is 0.375. The number of carbonyl (C=O) groups is 3. The summed E-state index contributed by atoms with van der Waals surface area (Å²) in [6, 6.07) is 9.82. The van der Waals surface area contributed by atoms with Gasteiger partial charge in [0.15, 0.2) is 5.41 Å². The minimum absolute atomic E-state index is 0.0897. The van der Waals surface area contributed by atoms with E-state index >= 15 is 0 Å². The number of non-ortho nitro benzene ring substituents is 1. The van der Waals surface area contributed by atoms with Gasteiger partial charge in [0, 0.05) is 30.8 Å². The Kier molecular flexibility index (Phi) is 4.94. The van der Waals surface area contributed by atoms with Gasteiger partial charge in [-0.25, -0.2) is 9.69 Å². The number of barbiturate groups is 1. The standard InChI is InChI=1S/C24H24N4O6/c1-13-4-6-17(7-5-13)27-22(30)24(21(29)25-23(27)31)11-16-10-18(28(32)33)8-9-19(16)26-12-14(2)34-15(3)20(24)26/h4-10,14-15,20H,11-12H2,1-3H3,(H,25,29,31)/t14-,15+,20+,24-/m1/s1. The topological polar surface area (TPSA) is 122 Å². The van der Waals surface area contributed by atoms with Crippen LogP contribution in [0.1, 0.15) is 25.0 Å². The molecule has 10 nitrogen and oxygen atoms in total. The predicted octanol–water partition coefficient (Wildman–Crippen LogP) is 2.71. The number of nitrogens with zero attached hydrogens (tertiary/aromatic N) is 3. The number of anilines is 2. The van der Waals surface area contributed by atoms with Gasteiger partial charge < -0.3 is 9.64 Å². The molecule has 0 unspecified atom stereocenters. The maximum Gasteiger partial charge on any atom is 0.335 e. The second-order valence-electron chi connectivity index (χ2n) is 9.20. The van der Waals surface area contributed by atoms with E-state index in [-0.39, 0.29) is 18.2 Å². The average Bonchev–Trinajstić information content (AvgIpc) is 2.78. The van der Waals surface area contributed by atoms with Gasteiger partial charge in [0.1, 0.15) is 0 Å². The molecule has 3 heterocycles. The molecule has 2 aromatic rings. The van der Waals surface area contributed by atoms with Crippen LogP contribution in [-0.2, 0) is 20.7 Å². The zero-order chi connectivity index (χ0) is 24.4. The predicted molar refractivity (Wildman–Crippen MR) is 123 cm³/mol. The third kappa shape index (κ3) is 3.09. The molecule has 10 heteroatoms. The van der Waals surface area contributed by atoms with E-state index in [2.05, 4.69) is 5.32 Å². The Balaban J connectivity index is 1.70. The summed E-state index contributed by atoms with van der Waals surface area (Å²) in [4.78, 5) is 54.4. The maximum atomic E-state index is 14.1. The molecule has 4 atom stereocenters. The lowest BCUT2D eigenvalue weighted by Crippen LogP contribution is -2.76. The lowest BCUT2D eigenvalue weighted by Gasteiger charge is -2.56. The van der Waals surface area contributed by atoms with Crippen LogP contribution in [0.25, 0.3) is 0 Å². The van der Waals surface area contributed by atoms with E-state index in [1.54, 1.807) is 37.3 Å². The van der Waals surface area contributed by atoms with E-state index in [9.17, 15) is 24.5 Å². The first-order chi connectivity index (χ1) is 16.1. The van der Waals surface area contributed by atoms with Gasteiger partial charge in [0.25, 0.3) is 11.6 Å². The molecule has 2 fully saturated rings. The molecule has 3 aliphatic rings. The molecule has 176 valence electrons. The van der Waals surface area contributed by atoms with Crippen molar-refractivity contribution in [2.75, 3.05) is 16.3 Å². The molecule has 3 aliphatic heterocycles. The third-order valence-electron chi connectivity index (χ3n) is 6.94. The molecule has 1 spiro atoms. The highest BCUT2D eigenvalue weighted by Crippen LogP contribution is 2.48. The van der Waals surface area contributed by atoms with Crippen molar-refractivity contribution in [1.29, 1.82) is 0 Å². The van der Waals surface area contributed by atoms with Gasteiger partial charge in [-0.2, -0.15) is 0 Å². The van der Waals surface area contributed by atoms with Gasteiger partial charge in [-0.15, -0.1) is 0 Å². The number of nitro benzene ring substituents is 1. The minimum atomic E-state index is -1.71. The number of morpholine rings is 1. The van der Waals surface area contributed by atoms with E-state index in [0.29, 0.717) is 17.8 Å². The van der Waals surface area contributed by atoms with Crippen LogP contribution in [0.15, 0.2) is 42.5 Å². The first kappa shape index (κ1) is 22.0.